The third-order valence-corrected chi connectivity index (χ3v) is 4.94. The molecule has 22 heavy (non-hydrogen) atoms. The number of para-hydroxylation sites is 2. The molecule has 0 atom stereocenters. The number of hydrogen-bond donors (Lipinski definition) is 0. The zero-order valence-corrected chi connectivity index (χ0v) is 13.3. The first kappa shape index (κ1) is 13.5. The molecule has 0 amide bonds. The van der Waals surface area contributed by atoms with E-state index in [0.717, 1.165) is 53.9 Å². The van der Waals surface area contributed by atoms with Crippen LogP contribution in [0.1, 0.15) is 5.69 Å². The van der Waals surface area contributed by atoms with E-state index in [-0.39, 0.29) is 0 Å². The number of aryl methyl sites for hydroxylation is 1. The summed E-state index contributed by atoms with van der Waals surface area (Å²) in [7, 11) is 0. The lowest BCUT2D eigenvalue weighted by molar-refractivity contribution is 0.645. The summed E-state index contributed by atoms with van der Waals surface area (Å²) in [6.07, 6.45) is 1.88. The van der Waals surface area contributed by atoms with Gasteiger partial charge in [0, 0.05) is 31.6 Å². The van der Waals surface area contributed by atoms with Crippen LogP contribution in [0, 0.1) is 6.92 Å². The zero-order chi connectivity index (χ0) is 14.9. The number of piperazine rings is 1. The Morgan fingerprint density at radius 1 is 0.955 bits per heavy atom. The molecule has 0 saturated carbocycles. The lowest BCUT2D eigenvalue weighted by atomic mass is 10.3. The third kappa shape index (κ3) is 2.50. The summed E-state index contributed by atoms with van der Waals surface area (Å²) in [5.74, 6) is 0.966. The molecule has 1 aliphatic heterocycles. The minimum Gasteiger partial charge on any atom is -0.352 e. The van der Waals surface area contributed by atoms with E-state index in [4.69, 9.17) is 4.98 Å². The fourth-order valence-electron chi connectivity index (χ4n) is 2.71. The van der Waals surface area contributed by atoms with E-state index in [1.165, 1.54) is 0 Å². The van der Waals surface area contributed by atoms with Crippen molar-refractivity contribution < 1.29 is 0 Å². The summed E-state index contributed by atoms with van der Waals surface area (Å²) < 4.78 is 0. The predicted octanol–water partition coefficient (Wildman–Crippen LogP) is 2.72. The average molecular weight is 311 g/mol. The molecule has 1 saturated heterocycles. The van der Waals surface area contributed by atoms with Gasteiger partial charge >= 0.3 is 0 Å². The highest BCUT2D eigenvalue weighted by Crippen LogP contribution is 2.23. The van der Waals surface area contributed by atoms with Gasteiger partial charge in [-0.15, -0.1) is 11.3 Å². The van der Waals surface area contributed by atoms with Crippen LogP contribution >= 0.6 is 11.3 Å². The number of rotatable bonds is 2. The van der Waals surface area contributed by atoms with Crippen LogP contribution < -0.4 is 9.80 Å². The van der Waals surface area contributed by atoms with E-state index in [2.05, 4.69) is 25.1 Å². The summed E-state index contributed by atoms with van der Waals surface area (Å²) in [5.41, 5.74) is 3.00. The van der Waals surface area contributed by atoms with Gasteiger partial charge in [0.2, 0.25) is 0 Å². The van der Waals surface area contributed by atoms with Gasteiger partial charge in [0.15, 0.2) is 5.13 Å². The van der Waals surface area contributed by atoms with E-state index < -0.39 is 0 Å². The van der Waals surface area contributed by atoms with Gasteiger partial charge in [-0.2, -0.15) is 0 Å². The van der Waals surface area contributed by atoms with Crippen molar-refractivity contribution in [3.63, 3.8) is 0 Å². The van der Waals surface area contributed by atoms with Crippen LogP contribution in [0.3, 0.4) is 0 Å². The summed E-state index contributed by atoms with van der Waals surface area (Å²) in [6, 6.07) is 8.00. The van der Waals surface area contributed by atoms with Crippen molar-refractivity contribution in [2.24, 2.45) is 0 Å². The Morgan fingerprint density at radius 3 is 2.41 bits per heavy atom. The second-order valence-corrected chi connectivity index (χ2v) is 6.30. The van der Waals surface area contributed by atoms with Crippen molar-refractivity contribution in [1.29, 1.82) is 0 Å². The third-order valence-electron chi connectivity index (χ3n) is 3.92. The molecule has 2 aromatic heterocycles. The number of thiazole rings is 1. The molecule has 0 radical (unpaired) electrons. The lowest BCUT2D eigenvalue weighted by Crippen LogP contribution is -2.46. The number of nitrogens with zero attached hydrogens (tertiary/aromatic N) is 5. The fraction of sp³-hybridized carbons (Fsp3) is 0.312. The molecule has 6 heteroatoms. The lowest BCUT2D eigenvalue weighted by Gasteiger charge is -2.35. The number of hydrogen-bond acceptors (Lipinski definition) is 6. The topological polar surface area (TPSA) is 45.2 Å². The Kier molecular flexibility index (Phi) is 3.38. The van der Waals surface area contributed by atoms with Gasteiger partial charge in [-0.3, -0.25) is 4.98 Å². The molecule has 3 aromatic rings. The van der Waals surface area contributed by atoms with E-state index in [1.54, 1.807) is 11.3 Å². The van der Waals surface area contributed by atoms with Crippen LogP contribution in [0.4, 0.5) is 10.9 Å². The first-order chi connectivity index (χ1) is 10.8. The molecule has 112 valence electrons. The normalized spacial score (nSPS) is 15.5. The second kappa shape index (κ2) is 5.53. The highest BCUT2D eigenvalue weighted by molar-refractivity contribution is 7.13. The van der Waals surface area contributed by atoms with Crippen molar-refractivity contribution in [3.8, 4) is 0 Å². The maximum Gasteiger partial charge on any atom is 0.185 e. The smallest absolute Gasteiger partial charge is 0.185 e. The molecule has 1 aromatic carbocycles. The molecular weight excluding hydrogens is 294 g/mol. The monoisotopic (exact) mass is 311 g/mol. The first-order valence-electron chi connectivity index (χ1n) is 7.43. The molecule has 3 heterocycles. The van der Waals surface area contributed by atoms with Gasteiger partial charge in [0.05, 0.1) is 22.9 Å². The Morgan fingerprint density at radius 2 is 1.68 bits per heavy atom. The molecule has 4 rings (SSSR count). The van der Waals surface area contributed by atoms with E-state index >= 15 is 0 Å². The summed E-state index contributed by atoms with van der Waals surface area (Å²) in [5, 5.41) is 3.23. The maximum atomic E-state index is 4.73. The first-order valence-corrected chi connectivity index (χ1v) is 8.31. The quantitative estimate of drug-likeness (QED) is 0.728. The number of benzene rings is 1. The Balaban J connectivity index is 1.50. The van der Waals surface area contributed by atoms with E-state index in [0.29, 0.717) is 0 Å². The summed E-state index contributed by atoms with van der Waals surface area (Å²) in [6.45, 7) is 5.89. The zero-order valence-electron chi connectivity index (χ0n) is 12.4. The molecular formula is C16H17N5S. The SMILES string of the molecule is Cc1csc(N2CCN(c3cnc4ccccc4n3)CC2)n1. The summed E-state index contributed by atoms with van der Waals surface area (Å²) in [4.78, 5) is 18.5. The van der Waals surface area contributed by atoms with Crippen molar-refractivity contribution in [3.05, 3.63) is 41.5 Å². The maximum absolute atomic E-state index is 4.73. The standard InChI is InChI=1S/C16H17N5S/c1-12-11-22-16(18-12)21-8-6-20(7-9-21)15-10-17-13-4-2-3-5-14(13)19-15/h2-5,10-11H,6-9H2,1H3. The molecule has 0 N–H and O–H groups in total. The number of fused-ring (bicyclic) bond motifs is 1. The van der Waals surface area contributed by atoms with Crippen LogP contribution in [0.25, 0.3) is 11.0 Å². The molecule has 5 nitrogen and oxygen atoms in total. The Bertz CT molecular complexity index is 792. The van der Waals surface area contributed by atoms with Crippen LogP contribution in [-0.4, -0.2) is 41.1 Å². The average Bonchev–Trinajstić information content (AvgIpc) is 3.01. The van der Waals surface area contributed by atoms with Crippen LogP contribution in [0.5, 0.6) is 0 Å². The van der Waals surface area contributed by atoms with Gasteiger partial charge in [0.25, 0.3) is 0 Å². The van der Waals surface area contributed by atoms with Gasteiger partial charge in [-0.25, -0.2) is 9.97 Å². The molecule has 0 bridgehead atoms. The van der Waals surface area contributed by atoms with Gasteiger partial charge in [0.1, 0.15) is 5.82 Å². The minimum atomic E-state index is 0.947. The Labute approximate surface area is 133 Å². The highest BCUT2D eigenvalue weighted by atomic mass is 32.1. The van der Waals surface area contributed by atoms with E-state index in [9.17, 15) is 0 Å². The Hall–Kier alpha value is -2.21. The second-order valence-electron chi connectivity index (χ2n) is 5.46. The number of anilines is 2. The van der Waals surface area contributed by atoms with Crippen molar-refractivity contribution >= 4 is 33.3 Å². The molecule has 1 fully saturated rings. The van der Waals surface area contributed by atoms with E-state index in [1.807, 2.05) is 37.4 Å². The molecule has 0 aliphatic carbocycles. The molecule has 0 unspecified atom stereocenters. The van der Waals surface area contributed by atoms with Crippen LogP contribution in [0.2, 0.25) is 0 Å². The predicted molar refractivity (Wildman–Crippen MR) is 90.8 cm³/mol. The van der Waals surface area contributed by atoms with Crippen LogP contribution in [-0.2, 0) is 0 Å². The number of aromatic nitrogens is 3. The van der Waals surface area contributed by atoms with Crippen molar-refractivity contribution in [1.82, 2.24) is 15.0 Å². The molecule has 0 spiro atoms. The fourth-order valence-corrected chi connectivity index (χ4v) is 3.57. The largest absolute Gasteiger partial charge is 0.352 e. The van der Waals surface area contributed by atoms with Crippen molar-refractivity contribution in [2.75, 3.05) is 36.0 Å². The van der Waals surface area contributed by atoms with Gasteiger partial charge in [-0.1, -0.05) is 12.1 Å². The molecule has 1 aliphatic rings. The van der Waals surface area contributed by atoms with Crippen LogP contribution in [0.15, 0.2) is 35.8 Å². The van der Waals surface area contributed by atoms with Gasteiger partial charge < -0.3 is 9.80 Å². The summed E-state index contributed by atoms with van der Waals surface area (Å²) >= 11 is 1.72. The van der Waals surface area contributed by atoms with Crippen molar-refractivity contribution in [2.45, 2.75) is 6.92 Å². The van der Waals surface area contributed by atoms with Gasteiger partial charge in [-0.05, 0) is 19.1 Å². The highest BCUT2D eigenvalue weighted by Gasteiger charge is 2.20. The minimum absolute atomic E-state index is 0.947.